The highest BCUT2D eigenvalue weighted by atomic mass is 32.2. The van der Waals surface area contributed by atoms with Gasteiger partial charge in [0.2, 0.25) is 0 Å². The Balaban J connectivity index is 2.83. The third kappa shape index (κ3) is 14.3. The maximum Gasteiger partial charge on any atom is 0.0195 e. The molecule has 0 unspecified atom stereocenters. The molecule has 0 amide bonds. The molecule has 0 aromatic carbocycles. The van der Waals surface area contributed by atoms with Crippen LogP contribution in [0, 0.1) is 0 Å². The molecule has 16 heavy (non-hydrogen) atoms. The molecule has 0 aromatic rings. The minimum atomic E-state index is 0.914. The Morgan fingerprint density at radius 1 is 0.625 bits per heavy atom. The Labute approximate surface area is 107 Å². The van der Waals surface area contributed by atoms with Crippen molar-refractivity contribution < 1.29 is 4.55 Å². The van der Waals surface area contributed by atoms with Crippen molar-refractivity contribution in [2.75, 3.05) is 5.75 Å². The van der Waals surface area contributed by atoms with E-state index in [1.165, 1.54) is 77.0 Å². The molecule has 1 N–H and O–H groups in total. The minimum absolute atomic E-state index is 0.914. The highest BCUT2D eigenvalue weighted by Gasteiger charge is 1.93. The predicted molar refractivity (Wildman–Crippen MR) is 76.2 cm³/mol. The van der Waals surface area contributed by atoms with Crippen LogP contribution in [0.5, 0.6) is 0 Å². The zero-order valence-corrected chi connectivity index (χ0v) is 11.9. The number of unbranched alkanes of at least 4 members (excludes halogenated alkanes) is 11. The minimum Gasteiger partial charge on any atom is -0.330 e. The van der Waals surface area contributed by atoms with Gasteiger partial charge in [0.25, 0.3) is 0 Å². The second kappa shape index (κ2) is 15.3. The smallest absolute Gasteiger partial charge is 0.0195 e. The molecule has 0 atom stereocenters. The van der Waals surface area contributed by atoms with Crippen LogP contribution in [0.1, 0.15) is 84.0 Å². The summed E-state index contributed by atoms with van der Waals surface area (Å²) in [5.74, 6) is 0.914. The second-order valence-corrected chi connectivity index (χ2v) is 5.39. The Bertz CT molecular complexity index is 103. The average Bonchev–Trinajstić information content (AvgIpc) is 2.31. The molecule has 0 saturated heterocycles. The van der Waals surface area contributed by atoms with Crippen molar-refractivity contribution in [3.63, 3.8) is 0 Å². The number of hydrogen-bond donors (Lipinski definition) is 1. The first-order valence-corrected chi connectivity index (χ1v) is 8.12. The first kappa shape index (κ1) is 16.3. The Kier molecular flexibility index (Phi) is 15.6. The van der Waals surface area contributed by atoms with E-state index in [-0.39, 0.29) is 0 Å². The molecule has 0 bridgehead atoms. The SMILES string of the molecule is CCCCCCCCCCCCCCSO. The summed E-state index contributed by atoms with van der Waals surface area (Å²) in [4.78, 5) is 0. The van der Waals surface area contributed by atoms with Crippen molar-refractivity contribution in [1.29, 1.82) is 0 Å². The van der Waals surface area contributed by atoms with E-state index >= 15 is 0 Å². The lowest BCUT2D eigenvalue weighted by atomic mass is 10.1. The standard InChI is InChI=1S/C14H30OS/c1-2-3-4-5-6-7-8-9-10-11-12-13-14-16-15/h15H,2-14H2,1H3. The van der Waals surface area contributed by atoms with E-state index in [1.807, 2.05) is 0 Å². The largest absolute Gasteiger partial charge is 0.330 e. The molecule has 0 heterocycles. The first-order chi connectivity index (χ1) is 7.91. The van der Waals surface area contributed by atoms with E-state index in [2.05, 4.69) is 6.92 Å². The van der Waals surface area contributed by atoms with E-state index in [9.17, 15) is 0 Å². The van der Waals surface area contributed by atoms with Gasteiger partial charge in [-0.3, -0.25) is 0 Å². The molecule has 0 aliphatic rings. The summed E-state index contributed by atoms with van der Waals surface area (Å²) in [6.07, 6.45) is 16.6. The van der Waals surface area contributed by atoms with Crippen LogP contribution in [0.4, 0.5) is 0 Å². The average molecular weight is 246 g/mol. The van der Waals surface area contributed by atoms with Gasteiger partial charge in [-0.15, -0.1) is 0 Å². The Morgan fingerprint density at radius 3 is 1.38 bits per heavy atom. The van der Waals surface area contributed by atoms with Crippen LogP contribution in [0.15, 0.2) is 0 Å². The zero-order chi connectivity index (χ0) is 11.9. The van der Waals surface area contributed by atoms with Gasteiger partial charge in [0.1, 0.15) is 0 Å². The summed E-state index contributed by atoms with van der Waals surface area (Å²) in [5, 5.41) is 0. The molecule has 0 rings (SSSR count). The summed E-state index contributed by atoms with van der Waals surface area (Å²) in [5.41, 5.74) is 0. The third-order valence-corrected chi connectivity index (χ3v) is 3.56. The Morgan fingerprint density at radius 2 is 1.00 bits per heavy atom. The highest BCUT2D eigenvalue weighted by molar-refractivity contribution is 7.93. The summed E-state index contributed by atoms with van der Waals surface area (Å²) in [6.45, 7) is 2.27. The van der Waals surface area contributed by atoms with Gasteiger partial charge in [0.15, 0.2) is 0 Å². The van der Waals surface area contributed by atoms with Crippen LogP contribution in [0.25, 0.3) is 0 Å². The van der Waals surface area contributed by atoms with Gasteiger partial charge >= 0.3 is 0 Å². The summed E-state index contributed by atoms with van der Waals surface area (Å²) in [7, 11) is 0. The normalized spacial score (nSPS) is 10.9. The lowest BCUT2D eigenvalue weighted by molar-refractivity contribution is 0.547. The lowest BCUT2D eigenvalue weighted by Gasteiger charge is -2.02. The molecule has 2 heteroatoms. The van der Waals surface area contributed by atoms with Gasteiger partial charge in [-0.1, -0.05) is 77.6 Å². The van der Waals surface area contributed by atoms with Crippen molar-refractivity contribution in [2.45, 2.75) is 84.0 Å². The van der Waals surface area contributed by atoms with Gasteiger partial charge in [0, 0.05) is 5.75 Å². The molecule has 1 nitrogen and oxygen atoms in total. The van der Waals surface area contributed by atoms with Gasteiger partial charge in [-0.2, -0.15) is 0 Å². The van der Waals surface area contributed by atoms with Crippen LogP contribution < -0.4 is 0 Å². The fourth-order valence-electron chi connectivity index (χ4n) is 2.01. The zero-order valence-electron chi connectivity index (χ0n) is 11.0. The maximum atomic E-state index is 8.54. The van der Waals surface area contributed by atoms with Gasteiger partial charge < -0.3 is 4.55 Å². The monoisotopic (exact) mass is 246 g/mol. The van der Waals surface area contributed by atoms with E-state index in [0.29, 0.717) is 0 Å². The van der Waals surface area contributed by atoms with Crippen LogP contribution in [-0.2, 0) is 0 Å². The fourth-order valence-corrected chi connectivity index (χ4v) is 2.34. The van der Waals surface area contributed by atoms with Gasteiger partial charge in [-0.25, -0.2) is 0 Å². The Hall–Kier alpha value is 0.310. The molecule has 0 aliphatic carbocycles. The molecular formula is C14H30OS. The quantitative estimate of drug-likeness (QED) is 0.323. The van der Waals surface area contributed by atoms with Crippen molar-refractivity contribution in [2.24, 2.45) is 0 Å². The highest BCUT2D eigenvalue weighted by Crippen LogP contribution is 2.12. The molecule has 0 aromatic heterocycles. The van der Waals surface area contributed by atoms with Gasteiger partial charge in [0.05, 0.1) is 0 Å². The number of rotatable bonds is 13. The topological polar surface area (TPSA) is 20.2 Å². The molecule has 0 spiro atoms. The van der Waals surface area contributed by atoms with E-state index in [4.69, 9.17) is 4.55 Å². The van der Waals surface area contributed by atoms with Crippen molar-refractivity contribution in [1.82, 2.24) is 0 Å². The molecular weight excluding hydrogens is 216 g/mol. The molecule has 0 fully saturated rings. The molecule has 0 aliphatic heterocycles. The van der Waals surface area contributed by atoms with E-state index in [1.54, 1.807) is 0 Å². The fraction of sp³-hybridized carbons (Fsp3) is 1.00. The van der Waals surface area contributed by atoms with Gasteiger partial charge in [-0.05, 0) is 18.5 Å². The number of hydrogen-bond acceptors (Lipinski definition) is 2. The van der Waals surface area contributed by atoms with Crippen LogP contribution >= 0.6 is 12.0 Å². The molecule has 0 radical (unpaired) electrons. The van der Waals surface area contributed by atoms with Crippen molar-refractivity contribution in [3.8, 4) is 0 Å². The summed E-state index contributed by atoms with van der Waals surface area (Å²) < 4.78 is 8.54. The summed E-state index contributed by atoms with van der Waals surface area (Å²) >= 11 is 0.983. The maximum absolute atomic E-state index is 8.54. The molecule has 98 valence electrons. The molecule has 0 saturated carbocycles. The van der Waals surface area contributed by atoms with E-state index < -0.39 is 0 Å². The van der Waals surface area contributed by atoms with E-state index in [0.717, 1.165) is 17.8 Å². The third-order valence-electron chi connectivity index (χ3n) is 3.09. The van der Waals surface area contributed by atoms with Crippen molar-refractivity contribution in [3.05, 3.63) is 0 Å². The summed E-state index contributed by atoms with van der Waals surface area (Å²) in [6, 6.07) is 0. The van der Waals surface area contributed by atoms with Crippen LogP contribution in [0.3, 0.4) is 0 Å². The van der Waals surface area contributed by atoms with Crippen LogP contribution in [-0.4, -0.2) is 10.3 Å². The predicted octanol–water partition coefficient (Wildman–Crippen LogP) is 5.89. The second-order valence-electron chi connectivity index (χ2n) is 4.72. The first-order valence-electron chi connectivity index (χ1n) is 7.18. The van der Waals surface area contributed by atoms with Crippen LogP contribution in [0.2, 0.25) is 0 Å². The van der Waals surface area contributed by atoms with Crippen molar-refractivity contribution >= 4 is 12.0 Å². The lowest BCUT2D eigenvalue weighted by Crippen LogP contribution is -1.83.